The smallest absolute Gasteiger partial charge is 0.295 e. The Balaban J connectivity index is 1.53. The van der Waals surface area contributed by atoms with Crippen LogP contribution < -0.4 is 18.9 Å². The fourth-order valence-corrected chi connectivity index (χ4v) is 4.54. The SMILES string of the molecule is COc1ccc(C2/C(=C(\O)c3ccc(OCC(C)C)cc3)C(=O)C(=O)N2Cc2ccc3c(c2)OCO3)cc1. The number of amides is 1. The molecule has 0 radical (unpaired) electrons. The van der Waals surface area contributed by atoms with Gasteiger partial charge in [0.25, 0.3) is 11.7 Å². The summed E-state index contributed by atoms with van der Waals surface area (Å²) in [7, 11) is 1.56. The van der Waals surface area contributed by atoms with E-state index in [-0.39, 0.29) is 24.7 Å². The van der Waals surface area contributed by atoms with Gasteiger partial charge in [0.1, 0.15) is 17.3 Å². The molecule has 0 saturated carbocycles. The van der Waals surface area contributed by atoms with E-state index in [2.05, 4.69) is 13.8 Å². The van der Waals surface area contributed by atoms with Crippen LogP contribution in [-0.2, 0) is 16.1 Å². The predicted molar refractivity (Wildman–Crippen MR) is 140 cm³/mol. The molecule has 0 aliphatic carbocycles. The number of methoxy groups -OCH3 is 1. The average Bonchev–Trinajstić information content (AvgIpc) is 3.50. The third-order valence-electron chi connectivity index (χ3n) is 6.47. The van der Waals surface area contributed by atoms with Crippen molar-refractivity contribution >= 4 is 17.4 Å². The Hall–Kier alpha value is -4.46. The van der Waals surface area contributed by atoms with Gasteiger partial charge in [-0.05, 0) is 65.6 Å². The molecule has 1 fully saturated rings. The molecule has 8 heteroatoms. The first-order valence-electron chi connectivity index (χ1n) is 12.4. The van der Waals surface area contributed by atoms with Crippen LogP contribution in [0.3, 0.4) is 0 Å². The van der Waals surface area contributed by atoms with E-state index in [0.717, 1.165) is 5.56 Å². The van der Waals surface area contributed by atoms with E-state index in [9.17, 15) is 14.7 Å². The van der Waals surface area contributed by atoms with Crippen molar-refractivity contribution in [3.8, 4) is 23.0 Å². The van der Waals surface area contributed by atoms with Gasteiger partial charge in [-0.3, -0.25) is 9.59 Å². The lowest BCUT2D eigenvalue weighted by atomic mass is 9.95. The van der Waals surface area contributed by atoms with Crippen LogP contribution >= 0.6 is 0 Å². The maximum Gasteiger partial charge on any atom is 0.295 e. The van der Waals surface area contributed by atoms with Crippen LogP contribution in [0.15, 0.2) is 72.3 Å². The van der Waals surface area contributed by atoms with Crippen LogP contribution in [0.1, 0.15) is 36.6 Å². The number of hydrogen-bond donors (Lipinski definition) is 1. The molecule has 3 aromatic carbocycles. The van der Waals surface area contributed by atoms with Gasteiger partial charge in [-0.2, -0.15) is 0 Å². The third kappa shape index (κ3) is 4.89. The Bertz CT molecular complexity index is 1380. The molecule has 5 rings (SSSR count). The number of aliphatic hydroxyl groups is 1. The van der Waals surface area contributed by atoms with Crippen molar-refractivity contribution in [3.05, 3.63) is 89.0 Å². The van der Waals surface area contributed by atoms with Crippen LogP contribution in [-0.4, -0.2) is 42.2 Å². The maximum atomic E-state index is 13.4. The Morgan fingerprint density at radius 2 is 1.66 bits per heavy atom. The molecule has 2 aliphatic heterocycles. The van der Waals surface area contributed by atoms with E-state index in [1.54, 1.807) is 67.8 Å². The monoisotopic (exact) mass is 515 g/mol. The minimum atomic E-state index is -0.803. The van der Waals surface area contributed by atoms with Gasteiger partial charge >= 0.3 is 0 Å². The van der Waals surface area contributed by atoms with Crippen LogP contribution in [0.25, 0.3) is 5.76 Å². The number of ketones is 1. The molecule has 3 aromatic rings. The van der Waals surface area contributed by atoms with Crippen LogP contribution in [0, 0.1) is 5.92 Å². The molecule has 1 unspecified atom stereocenters. The van der Waals surface area contributed by atoms with Crippen LogP contribution in [0.4, 0.5) is 0 Å². The number of nitrogens with zero attached hydrogens (tertiary/aromatic N) is 1. The number of benzene rings is 3. The zero-order chi connectivity index (χ0) is 26.8. The first kappa shape index (κ1) is 25.2. The highest BCUT2D eigenvalue weighted by atomic mass is 16.7. The zero-order valence-electron chi connectivity index (χ0n) is 21.5. The molecule has 1 N–H and O–H groups in total. The van der Waals surface area contributed by atoms with Gasteiger partial charge in [-0.25, -0.2) is 0 Å². The summed E-state index contributed by atoms with van der Waals surface area (Å²) in [5, 5.41) is 11.3. The molecule has 0 aromatic heterocycles. The first-order chi connectivity index (χ1) is 18.4. The number of rotatable bonds is 8. The van der Waals surface area contributed by atoms with Crippen LogP contribution in [0.5, 0.6) is 23.0 Å². The highest BCUT2D eigenvalue weighted by molar-refractivity contribution is 6.46. The zero-order valence-corrected chi connectivity index (χ0v) is 21.5. The molecule has 1 amide bonds. The topological polar surface area (TPSA) is 94.5 Å². The number of ether oxygens (including phenoxy) is 4. The van der Waals surface area contributed by atoms with Crippen molar-refractivity contribution in [1.82, 2.24) is 4.90 Å². The highest BCUT2D eigenvalue weighted by Gasteiger charge is 2.46. The van der Waals surface area contributed by atoms with E-state index < -0.39 is 17.7 Å². The first-order valence-corrected chi connectivity index (χ1v) is 12.4. The van der Waals surface area contributed by atoms with Crippen molar-refractivity contribution in [3.63, 3.8) is 0 Å². The van der Waals surface area contributed by atoms with Crippen molar-refractivity contribution in [2.75, 3.05) is 20.5 Å². The van der Waals surface area contributed by atoms with E-state index in [1.807, 2.05) is 6.07 Å². The molecule has 8 nitrogen and oxygen atoms in total. The quantitative estimate of drug-likeness (QED) is 0.254. The maximum absolute atomic E-state index is 13.4. The van der Waals surface area contributed by atoms with Crippen molar-refractivity contribution in [2.45, 2.75) is 26.4 Å². The molecular formula is C30H29NO7. The number of hydrogen-bond acceptors (Lipinski definition) is 7. The molecule has 1 atom stereocenters. The number of Topliss-reactive ketones (excluding diaryl/α,β-unsaturated/α-hetero) is 1. The average molecular weight is 516 g/mol. The predicted octanol–water partition coefficient (Wildman–Crippen LogP) is 5.08. The summed E-state index contributed by atoms with van der Waals surface area (Å²) in [4.78, 5) is 28.2. The van der Waals surface area contributed by atoms with Gasteiger partial charge in [0.15, 0.2) is 11.5 Å². The van der Waals surface area contributed by atoms with Crippen molar-refractivity contribution in [1.29, 1.82) is 0 Å². The Morgan fingerprint density at radius 3 is 2.34 bits per heavy atom. The summed E-state index contributed by atoms with van der Waals surface area (Å²) in [5.41, 5.74) is 1.88. The molecule has 1 saturated heterocycles. The second kappa shape index (κ2) is 10.5. The van der Waals surface area contributed by atoms with E-state index >= 15 is 0 Å². The summed E-state index contributed by atoms with van der Waals surface area (Å²) < 4.78 is 21.9. The lowest BCUT2D eigenvalue weighted by Gasteiger charge is -2.25. The number of aliphatic hydroxyl groups excluding tert-OH is 1. The highest BCUT2D eigenvalue weighted by Crippen LogP contribution is 2.41. The fourth-order valence-electron chi connectivity index (χ4n) is 4.54. The number of carbonyl (C=O) groups is 2. The molecular weight excluding hydrogens is 486 g/mol. The van der Waals surface area contributed by atoms with E-state index in [0.29, 0.717) is 46.6 Å². The van der Waals surface area contributed by atoms with Gasteiger partial charge in [-0.1, -0.05) is 32.0 Å². The summed E-state index contributed by atoms with van der Waals surface area (Å²) in [6.45, 7) is 4.95. The Morgan fingerprint density at radius 1 is 0.974 bits per heavy atom. The largest absolute Gasteiger partial charge is 0.507 e. The molecule has 0 bridgehead atoms. The number of likely N-dealkylation sites (tertiary alicyclic amines) is 1. The van der Waals surface area contributed by atoms with E-state index in [4.69, 9.17) is 18.9 Å². The minimum Gasteiger partial charge on any atom is -0.507 e. The molecule has 2 aliphatic rings. The Labute approximate surface area is 221 Å². The summed E-state index contributed by atoms with van der Waals surface area (Å²) in [5.74, 6) is 1.19. The van der Waals surface area contributed by atoms with Crippen molar-refractivity contribution in [2.24, 2.45) is 5.92 Å². The Kier molecular flexibility index (Phi) is 6.96. The molecule has 0 spiro atoms. The second-order valence-electron chi connectivity index (χ2n) is 9.62. The summed E-state index contributed by atoms with van der Waals surface area (Å²) in [6.07, 6.45) is 0. The fraction of sp³-hybridized carbons (Fsp3) is 0.267. The third-order valence-corrected chi connectivity index (χ3v) is 6.47. The second-order valence-corrected chi connectivity index (χ2v) is 9.62. The number of carbonyl (C=O) groups excluding carboxylic acids is 2. The molecule has 196 valence electrons. The van der Waals surface area contributed by atoms with Gasteiger partial charge < -0.3 is 29.0 Å². The van der Waals surface area contributed by atoms with Crippen molar-refractivity contribution < 1.29 is 33.6 Å². The number of fused-ring (bicyclic) bond motifs is 1. The summed E-state index contributed by atoms with van der Waals surface area (Å²) in [6, 6.07) is 18.5. The van der Waals surface area contributed by atoms with Crippen LogP contribution in [0.2, 0.25) is 0 Å². The van der Waals surface area contributed by atoms with E-state index in [1.165, 1.54) is 4.90 Å². The minimum absolute atomic E-state index is 0.0248. The van der Waals surface area contributed by atoms with Gasteiger partial charge in [0.2, 0.25) is 6.79 Å². The lowest BCUT2D eigenvalue weighted by Crippen LogP contribution is -2.29. The summed E-state index contributed by atoms with van der Waals surface area (Å²) >= 11 is 0. The van der Waals surface area contributed by atoms with Gasteiger partial charge in [0, 0.05) is 12.1 Å². The normalized spacial score (nSPS) is 17.8. The van der Waals surface area contributed by atoms with Gasteiger partial charge in [-0.15, -0.1) is 0 Å². The lowest BCUT2D eigenvalue weighted by molar-refractivity contribution is -0.140. The molecule has 2 heterocycles. The standard InChI is InChI=1S/C30H29NO7/c1-18(2)16-36-23-11-7-21(8-12-23)28(32)26-27(20-5-9-22(35-3)10-6-20)31(30(34)29(26)33)15-19-4-13-24-25(14-19)38-17-37-24/h4-14,18,27,32H,15-17H2,1-3H3/b28-26+. The van der Waals surface area contributed by atoms with Gasteiger partial charge in [0.05, 0.1) is 25.3 Å². The molecule has 38 heavy (non-hydrogen) atoms.